The van der Waals surface area contributed by atoms with Gasteiger partial charge in [-0.25, -0.2) is 0 Å². The van der Waals surface area contributed by atoms with E-state index in [0.29, 0.717) is 57.4 Å². The van der Waals surface area contributed by atoms with Gasteiger partial charge in [0, 0.05) is 32.1 Å². The first kappa shape index (κ1) is 20.1. The Bertz CT molecular complexity index is 687. The van der Waals surface area contributed by atoms with E-state index in [0.717, 1.165) is 6.42 Å². The summed E-state index contributed by atoms with van der Waals surface area (Å²) in [5.41, 5.74) is 0. The molecule has 0 unspecified atom stereocenters. The first-order chi connectivity index (χ1) is 14.2. The summed E-state index contributed by atoms with van der Waals surface area (Å²) in [5.74, 6) is 1.45. The average molecular weight is 402 g/mol. The normalized spacial score (nSPS) is 25.4. The van der Waals surface area contributed by atoms with Crippen molar-refractivity contribution < 1.29 is 19.1 Å². The van der Waals surface area contributed by atoms with Crippen LogP contribution in [0.2, 0.25) is 0 Å². The lowest BCUT2D eigenvalue weighted by atomic mass is 10.0. The maximum atomic E-state index is 13.2. The van der Waals surface area contributed by atoms with Crippen LogP contribution in [0.15, 0.2) is 24.5 Å². The molecule has 2 atom stereocenters. The molecule has 158 valence electrons. The highest BCUT2D eigenvalue weighted by Gasteiger charge is 2.42. The molecule has 0 N–H and O–H groups in total. The summed E-state index contributed by atoms with van der Waals surface area (Å²) in [4.78, 5) is 33.9. The highest BCUT2D eigenvalue weighted by molar-refractivity contribution is 5.88. The van der Waals surface area contributed by atoms with E-state index >= 15 is 0 Å². The average Bonchev–Trinajstić information content (AvgIpc) is 3.43. The van der Waals surface area contributed by atoms with Crippen molar-refractivity contribution in [2.24, 2.45) is 5.92 Å². The van der Waals surface area contributed by atoms with Crippen LogP contribution >= 0.6 is 0 Å². The number of nitrogens with zero attached hydrogens (tertiary/aromatic N) is 3. The molecule has 4 rings (SSSR count). The monoisotopic (exact) mass is 401 g/mol. The van der Waals surface area contributed by atoms with E-state index in [4.69, 9.17) is 9.47 Å². The zero-order valence-electron chi connectivity index (χ0n) is 17.0. The van der Waals surface area contributed by atoms with E-state index < -0.39 is 6.04 Å². The molecule has 7 nitrogen and oxygen atoms in total. The molecule has 1 aromatic heterocycles. The van der Waals surface area contributed by atoms with Gasteiger partial charge in [0.2, 0.25) is 11.8 Å². The molecule has 1 aliphatic carbocycles. The van der Waals surface area contributed by atoms with Crippen molar-refractivity contribution in [3.63, 3.8) is 0 Å². The van der Waals surface area contributed by atoms with Crippen LogP contribution in [0, 0.1) is 5.92 Å². The molecule has 3 aliphatic rings. The molecule has 7 heteroatoms. The Morgan fingerprint density at radius 2 is 2.00 bits per heavy atom. The van der Waals surface area contributed by atoms with Crippen molar-refractivity contribution in [3.05, 3.63) is 24.5 Å². The molecule has 0 aromatic carbocycles. The van der Waals surface area contributed by atoms with Gasteiger partial charge in [-0.1, -0.05) is 25.7 Å². The molecule has 1 aromatic rings. The zero-order valence-corrected chi connectivity index (χ0v) is 17.0. The minimum Gasteiger partial charge on any atom is -0.487 e. The van der Waals surface area contributed by atoms with Crippen molar-refractivity contribution in [3.8, 4) is 5.75 Å². The molecule has 0 bridgehead atoms. The van der Waals surface area contributed by atoms with Gasteiger partial charge in [-0.05, 0) is 24.5 Å². The Labute approximate surface area is 172 Å². The van der Waals surface area contributed by atoms with E-state index in [1.54, 1.807) is 17.3 Å². The number of hydrogen-bond acceptors (Lipinski definition) is 5. The van der Waals surface area contributed by atoms with Gasteiger partial charge in [-0.15, -0.1) is 0 Å². The second-order valence-electron chi connectivity index (χ2n) is 8.35. The van der Waals surface area contributed by atoms with Crippen molar-refractivity contribution in [2.75, 3.05) is 32.8 Å². The Hall–Kier alpha value is -2.15. The van der Waals surface area contributed by atoms with E-state index in [1.807, 2.05) is 17.0 Å². The predicted octanol–water partition coefficient (Wildman–Crippen LogP) is 2.26. The zero-order chi connectivity index (χ0) is 20.1. The Morgan fingerprint density at radius 1 is 1.21 bits per heavy atom. The third-order valence-electron chi connectivity index (χ3n) is 6.37. The molecule has 0 radical (unpaired) electrons. The number of pyridine rings is 1. The number of ether oxygens (including phenoxy) is 2. The molecule has 1 saturated carbocycles. The highest BCUT2D eigenvalue weighted by Crippen LogP contribution is 2.30. The van der Waals surface area contributed by atoms with E-state index in [1.165, 1.54) is 25.7 Å². The van der Waals surface area contributed by atoms with Gasteiger partial charge < -0.3 is 19.3 Å². The van der Waals surface area contributed by atoms with Gasteiger partial charge in [-0.2, -0.15) is 0 Å². The van der Waals surface area contributed by atoms with Crippen LogP contribution in [-0.4, -0.2) is 71.6 Å². The lowest BCUT2D eigenvalue weighted by Crippen LogP contribution is -2.51. The van der Waals surface area contributed by atoms with Crippen LogP contribution in [0.3, 0.4) is 0 Å². The first-order valence-corrected chi connectivity index (χ1v) is 10.9. The van der Waals surface area contributed by atoms with Crippen molar-refractivity contribution >= 4 is 11.8 Å². The highest BCUT2D eigenvalue weighted by atomic mass is 16.5. The predicted molar refractivity (Wildman–Crippen MR) is 107 cm³/mol. The van der Waals surface area contributed by atoms with E-state index in [-0.39, 0.29) is 17.9 Å². The second-order valence-corrected chi connectivity index (χ2v) is 8.35. The number of hydrogen-bond donors (Lipinski definition) is 0. The molecule has 3 fully saturated rings. The van der Waals surface area contributed by atoms with Crippen molar-refractivity contribution in [1.82, 2.24) is 14.8 Å². The van der Waals surface area contributed by atoms with Crippen molar-refractivity contribution in [1.29, 1.82) is 0 Å². The molecular weight excluding hydrogens is 370 g/mol. The summed E-state index contributed by atoms with van der Waals surface area (Å²) in [6.45, 7) is 2.76. The fraction of sp³-hybridized carbons (Fsp3) is 0.682. The van der Waals surface area contributed by atoms with Crippen LogP contribution < -0.4 is 4.74 Å². The smallest absolute Gasteiger partial charge is 0.245 e. The quantitative estimate of drug-likeness (QED) is 0.731. The number of amides is 2. The number of aromatic nitrogens is 1. The minimum atomic E-state index is -0.439. The van der Waals surface area contributed by atoms with Gasteiger partial charge in [0.1, 0.15) is 17.9 Å². The van der Waals surface area contributed by atoms with Crippen LogP contribution in [-0.2, 0) is 14.3 Å². The Kier molecular flexibility index (Phi) is 6.64. The Balaban J connectivity index is 1.42. The van der Waals surface area contributed by atoms with Gasteiger partial charge in [0.25, 0.3) is 0 Å². The van der Waals surface area contributed by atoms with E-state index in [9.17, 15) is 9.59 Å². The van der Waals surface area contributed by atoms with Crippen LogP contribution in [0.25, 0.3) is 0 Å². The molecule has 29 heavy (non-hydrogen) atoms. The van der Waals surface area contributed by atoms with Crippen molar-refractivity contribution in [2.45, 2.75) is 57.1 Å². The third-order valence-corrected chi connectivity index (χ3v) is 6.37. The summed E-state index contributed by atoms with van der Waals surface area (Å²) in [5, 5.41) is 0. The van der Waals surface area contributed by atoms with Crippen LogP contribution in [0.1, 0.15) is 44.9 Å². The van der Waals surface area contributed by atoms with Crippen LogP contribution in [0.4, 0.5) is 0 Å². The summed E-state index contributed by atoms with van der Waals surface area (Å²) < 4.78 is 11.4. The maximum absolute atomic E-state index is 13.2. The summed E-state index contributed by atoms with van der Waals surface area (Å²) in [7, 11) is 0. The Morgan fingerprint density at radius 3 is 2.72 bits per heavy atom. The third kappa shape index (κ3) is 5.07. The number of carbonyl (C=O) groups is 2. The number of rotatable bonds is 6. The lowest BCUT2D eigenvalue weighted by molar-refractivity contribution is -0.146. The van der Waals surface area contributed by atoms with Crippen LogP contribution in [0.5, 0.6) is 5.75 Å². The summed E-state index contributed by atoms with van der Waals surface area (Å²) in [6.07, 6.45) is 10.2. The fourth-order valence-corrected chi connectivity index (χ4v) is 4.77. The summed E-state index contributed by atoms with van der Waals surface area (Å²) in [6, 6.07) is 3.24. The largest absolute Gasteiger partial charge is 0.487 e. The summed E-state index contributed by atoms with van der Waals surface area (Å²) >= 11 is 0. The number of likely N-dealkylation sites (tertiary alicyclic amines) is 1. The maximum Gasteiger partial charge on any atom is 0.245 e. The topological polar surface area (TPSA) is 72.0 Å². The lowest BCUT2D eigenvalue weighted by Gasteiger charge is -2.32. The fourth-order valence-electron chi connectivity index (χ4n) is 4.77. The first-order valence-electron chi connectivity index (χ1n) is 10.9. The molecule has 2 aliphatic heterocycles. The molecule has 2 saturated heterocycles. The SMILES string of the molecule is O=C([C@@H]1C[C@H](Oc2cccnc2)CN1C(=O)CCC1CCCC1)N1CCOCC1. The molecular formula is C22H31N3O4. The van der Waals surface area contributed by atoms with Gasteiger partial charge >= 0.3 is 0 Å². The number of carbonyl (C=O) groups excluding carboxylic acids is 2. The molecule has 0 spiro atoms. The number of morpholine rings is 1. The van der Waals surface area contributed by atoms with Gasteiger partial charge in [0.15, 0.2) is 0 Å². The molecule has 3 heterocycles. The second kappa shape index (κ2) is 9.57. The standard InChI is InChI=1S/C22H31N3O4/c26-21(8-7-17-4-1-2-5-17)25-16-19(29-18-6-3-9-23-15-18)14-20(25)22(27)24-10-12-28-13-11-24/h3,6,9,15,17,19-20H,1-2,4-5,7-8,10-14,16H2/t19-,20-/m0/s1. The van der Waals surface area contributed by atoms with Gasteiger partial charge in [-0.3, -0.25) is 14.6 Å². The van der Waals surface area contributed by atoms with Gasteiger partial charge in [0.05, 0.1) is 26.0 Å². The van der Waals surface area contributed by atoms with E-state index in [2.05, 4.69) is 4.98 Å². The minimum absolute atomic E-state index is 0.0276. The molecule has 2 amide bonds.